The number of unbranched alkanes of at least 4 members (excludes halogenated alkanes) is 45. The summed E-state index contributed by atoms with van der Waals surface area (Å²) >= 11 is 0. The van der Waals surface area contributed by atoms with Gasteiger partial charge in [0.2, 0.25) is 11.8 Å². The first-order valence-corrected chi connectivity index (χ1v) is 43.4. The quantitative estimate of drug-likeness (QED) is 0.0199. The second-order valence-corrected chi connectivity index (χ2v) is 31.4. The number of aliphatic carboxylic acids is 1. The number of aliphatic hydroxyl groups excluding tert-OH is 11. The number of rotatable bonds is 69. The minimum atomic E-state index is -3.08. The standard InChI is InChI=1S/C85H156N2O21/c1-4-6-8-10-12-14-16-18-20-22-24-26-27-28-29-30-31-32-33-34-35-36-37-39-41-43-45-47-49-51-53-55-57-59-72(95)87-66(67(92)58-56-54-52-50-48-46-44-42-40-38-25-23-21-19-17-15-13-11-9-7-5-2)64-103-82-77(99)76(98)79(71(63-90)105-82)106-83-78(100)81(75(97)70(62-89)104-83)108-85(84(101)102)60-68(93)73(86-65(3)91)80(107-85)74(96)69(94)61-88/h24,26,28-29,56,58,66-71,73-83,88-90,92-94,96-100H,4-23,25,27,30-55,57,59-64H2,1-3H3,(H,86,91)(H,87,95)(H,101,102)/b26-24-,29-28-,58-56+. The Bertz CT molecular complexity index is 2290. The number of carbonyl (C=O) groups is 3. The average molecular weight is 1540 g/mol. The maximum atomic E-state index is 13.6. The molecule has 0 saturated carbocycles. The summed E-state index contributed by atoms with van der Waals surface area (Å²) in [6, 6.07) is -2.62. The lowest BCUT2D eigenvalue weighted by atomic mass is 9.88. The molecule has 3 aliphatic heterocycles. The van der Waals surface area contributed by atoms with Gasteiger partial charge >= 0.3 is 5.97 Å². The van der Waals surface area contributed by atoms with Gasteiger partial charge in [0.15, 0.2) is 12.6 Å². The van der Waals surface area contributed by atoms with Crippen LogP contribution in [0.15, 0.2) is 36.5 Å². The van der Waals surface area contributed by atoms with Crippen LogP contribution >= 0.6 is 0 Å². The summed E-state index contributed by atoms with van der Waals surface area (Å²) in [4.78, 5) is 38.7. The summed E-state index contributed by atoms with van der Waals surface area (Å²) in [7, 11) is 0. The fourth-order valence-corrected chi connectivity index (χ4v) is 15.0. The molecule has 3 aliphatic rings. The number of allylic oxidation sites excluding steroid dienone is 5. The van der Waals surface area contributed by atoms with E-state index in [-0.39, 0.29) is 12.3 Å². The first-order chi connectivity index (χ1) is 52.4. The van der Waals surface area contributed by atoms with E-state index in [1.54, 1.807) is 6.08 Å². The van der Waals surface area contributed by atoms with Gasteiger partial charge in [-0.25, -0.2) is 4.79 Å². The van der Waals surface area contributed by atoms with Gasteiger partial charge in [-0.1, -0.05) is 314 Å². The molecular weight excluding hydrogens is 1380 g/mol. The van der Waals surface area contributed by atoms with Crippen LogP contribution in [0, 0.1) is 0 Å². The highest BCUT2D eigenvalue weighted by Crippen LogP contribution is 2.39. The largest absolute Gasteiger partial charge is 0.477 e. The Kier molecular flexibility index (Phi) is 58.1. The minimum absolute atomic E-state index is 0.202. The van der Waals surface area contributed by atoms with E-state index >= 15 is 0 Å². The number of hydrogen-bond acceptors (Lipinski definition) is 20. The van der Waals surface area contributed by atoms with Crippen molar-refractivity contribution < 1.29 is 104 Å². The maximum absolute atomic E-state index is 13.6. The maximum Gasteiger partial charge on any atom is 0.364 e. The van der Waals surface area contributed by atoms with Crippen LogP contribution in [0.1, 0.15) is 348 Å². The molecule has 0 aromatic rings. The van der Waals surface area contributed by atoms with Crippen molar-refractivity contribution in [3.05, 3.63) is 36.5 Å². The third kappa shape index (κ3) is 42.4. The van der Waals surface area contributed by atoms with Gasteiger partial charge in [-0.05, 0) is 51.4 Å². The Labute approximate surface area is 650 Å². The SMILES string of the molecule is CCCCCCCCCCC/C=C\C/C=C\CCCCCCCCCCCCCCCCCCCC(=O)NC(COC1OC(CO)C(OC2OC(CO)C(O)C(OC3(C(=O)O)CC(O)C(NC(C)=O)C(C(O)C(O)CO)O3)C2O)C(O)C1O)C(O)/C=C/CCCCCCCCCCCCCCCCCCCCC. The predicted molar refractivity (Wildman–Crippen MR) is 421 cm³/mol. The van der Waals surface area contributed by atoms with Crippen LogP contribution in [0.3, 0.4) is 0 Å². The number of carbonyl (C=O) groups excluding carboxylic acids is 2. The van der Waals surface area contributed by atoms with Crippen LogP contribution < -0.4 is 10.6 Å². The fraction of sp³-hybridized carbons (Fsp3) is 0.894. The molecule has 0 aromatic carbocycles. The molecule has 0 bridgehead atoms. The van der Waals surface area contributed by atoms with Crippen molar-refractivity contribution in [2.24, 2.45) is 0 Å². The lowest BCUT2D eigenvalue weighted by Crippen LogP contribution is -2.70. The zero-order valence-electron chi connectivity index (χ0n) is 67.2. The van der Waals surface area contributed by atoms with Crippen LogP contribution in [-0.2, 0) is 42.8 Å². The number of carboxylic acid groups (broad SMARTS) is 1. The Hall–Kier alpha value is -3.05. The third-order valence-electron chi connectivity index (χ3n) is 21.8. The summed E-state index contributed by atoms with van der Waals surface area (Å²) in [5.41, 5.74) is 0. The zero-order valence-corrected chi connectivity index (χ0v) is 67.2. The molecule has 2 amide bonds. The van der Waals surface area contributed by atoms with E-state index in [0.29, 0.717) is 12.8 Å². The Morgan fingerprint density at radius 3 is 1.31 bits per heavy atom. The Morgan fingerprint density at radius 1 is 0.491 bits per heavy atom. The highest BCUT2D eigenvalue weighted by Gasteiger charge is 2.60. The van der Waals surface area contributed by atoms with E-state index in [4.69, 9.17) is 28.4 Å². The van der Waals surface area contributed by atoms with Gasteiger partial charge in [-0.3, -0.25) is 9.59 Å². The van der Waals surface area contributed by atoms with Crippen LogP contribution in [0.25, 0.3) is 0 Å². The first-order valence-electron chi connectivity index (χ1n) is 43.4. The zero-order chi connectivity index (χ0) is 78.8. The van der Waals surface area contributed by atoms with E-state index < -0.39 is 155 Å². The minimum Gasteiger partial charge on any atom is -0.477 e. The molecule has 3 rings (SSSR count). The second-order valence-electron chi connectivity index (χ2n) is 31.4. The highest BCUT2D eigenvalue weighted by atomic mass is 16.8. The van der Waals surface area contributed by atoms with Crippen molar-refractivity contribution in [2.75, 3.05) is 26.4 Å². The molecule has 3 heterocycles. The molecule has 0 aromatic heterocycles. The van der Waals surface area contributed by atoms with E-state index in [1.807, 2.05) is 6.08 Å². The van der Waals surface area contributed by atoms with Gasteiger partial charge in [0.25, 0.3) is 5.79 Å². The van der Waals surface area contributed by atoms with Crippen molar-refractivity contribution in [2.45, 2.75) is 458 Å². The van der Waals surface area contributed by atoms with Crippen molar-refractivity contribution in [1.29, 1.82) is 0 Å². The smallest absolute Gasteiger partial charge is 0.364 e. The second kappa shape index (κ2) is 63.3. The molecule has 23 nitrogen and oxygen atoms in total. The number of nitrogens with one attached hydrogen (secondary N) is 2. The van der Waals surface area contributed by atoms with Crippen molar-refractivity contribution in [1.82, 2.24) is 10.6 Å². The van der Waals surface area contributed by atoms with Gasteiger partial charge in [0, 0.05) is 19.8 Å². The van der Waals surface area contributed by atoms with E-state index in [1.165, 1.54) is 250 Å². The van der Waals surface area contributed by atoms with Gasteiger partial charge < -0.3 is 100 Å². The lowest BCUT2D eigenvalue weighted by molar-refractivity contribution is -0.386. The molecule has 0 aliphatic carbocycles. The summed E-state index contributed by atoms with van der Waals surface area (Å²) in [6.45, 7) is 2.19. The fourth-order valence-electron chi connectivity index (χ4n) is 15.0. The first kappa shape index (κ1) is 99.1. The summed E-state index contributed by atoms with van der Waals surface area (Å²) in [5.74, 6) is -6.14. The van der Waals surface area contributed by atoms with Crippen molar-refractivity contribution >= 4 is 17.8 Å². The molecule has 0 spiro atoms. The van der Waals surface area contributed by atoms with E-state index in [2.05, 4.69) is 48.8 Å². The van der Waals surface area contributed by atoms with Crippen LogP contribution in [0.4, 0.5) is 0 Å². The van der Waals surface area contributed by atoms with Gasteiger partial charge in [-0.2, -0.15) is 0 Å². The molecule has 23 heteroatoms. The van der Waals surface area contributed by atoms with Crippen molar-refractivity contribution in [3.63, 3.8) is 0 Å². The third-order valence-corrected chi connectivity index (χ3v) is 21.8. The van der Waals surface area contributed by atoms with E-state index in [9.17, 15) is 75.7 Å². The van der Waals surface area contributed by atoms with E-state index in [0.717, 1.165) is 58.3 Å². The van der Waals surface area contributed by atoms with Crippen LogP contribution in [0.2, 0.25) is 0 Å². The summed E-state index contributed by atoms with van der Waals surface area (Å²) in [5, 5.41) is 137. The summed E-state index contributed by atoms with van der Waals surface area (Å²) in [6.07, 6.45) is 44.7. The van der Waals surface area contributed by atoms with Gasteiger partial charge in [-0.15, -0.1) is 0 Å². The van der Waals surface area contributed by atoms with Crippen LogP contribution in [-0.4, -0.2) is 215 Å². The molecule has 18 atom stereocenters. The number of hydrogen-bond donors (Lipinski definition) is 14. The highest BCUT2D eigenvalue weighted by molar-refractivity contribution is 5.77. The molecular formula is C85H156N2O21. The molecule has 108 heavy (non-hydrogen) atoms. The Morgan fingerprint density at radius 2 is 0.898 bits per heavy atom. The molecule has 3 fully saturated rings. The number of amides is 2. The number of carboxylic acids is 1. The molecule has 632 valence electrons. The molecule has 0 radical (unpaired) electrons. The number of ether oxygens (including phenoxy) is 6. The molecule has 3 saturated heterocycles. The normalized spacial score (nSPS) is 26.0. The van der Waals surface area contributed by atoms with Crippen LogP contribution in [0.5, 0.6) is 0 Å². The number of aliphatic hydroxyl groups is 11. The topological polar surface area (TPSA) is 373 Å². The van der Waals surface area contributed by atoms with Crippen molar-refractivity contribution in [3.8, 4) is 0 Å². The summed E-state index contributed by atoms with van der Waals surface area (Å²) < 4.78 is 35.0. The van der Waals surface area contributed by atoms with Gasteiger partial charge in [0.05, 0.1) is 50.7 Å². The lowest BCUT2D eigenvalue weighted by Gasteiger charge is -2.50. The predicted octanol–water partition coefficient (Wildman–Crippen LogP) is 12.9. The molecule has 14 N–H and O–H groups in total. The van der Waals surface area contributed by atoms with Gasteiger partial charge in [0.1, 0.15) is 67.1 Å². The Balaban J connectivity index is 1.46. The molecule has 18 unspecified atom stereocenters. The average Bonchev–Trinajstić information content (AvgIpc) is 0.754. The monoisotopic (exact) mass is 1540 g/mol.